The summed E-state index contributed by atoms with van der Waals surface area (Å²) in [5, 5.41) is 6.67. The van der Waals surface area contributed by atoms with Crippen molar-refractivity contribution in [2.24, 2.45) is 10.4 Å². The van der Waals surface area contributed by atoms with Crippen LogP contribution in [-0.2, 0) is 15.9 Å². The van der Waals surface area contributed by atoms with E-state index in [4.69, 9.17) is 18.9 Å². The molecule has 2 rings (SSSR count). The molecule has 0 atom stereocenters. The first-order chi connectivity index (χ1) is 11.3. The van der Waals surface area contributed by atoms with Crippen molar-refractivity contribution in [3.8, 4) is 0 Å². The van der Waals surface area contributed by atoms with Crippen molar-refractivity contribution in [1.29, 1.82) is 0 Å². The lowest BCUT2D eigenvalue weighted by Gasteiger charge is -2.15. The summed E-state index contributed by atoms with van der Waals surface area (Å²) in [5.74, 6) is 1.82. The van der Waals surface area contributed by atoms with Crippen LogP contribution >= 0.6 is 0 Å². The topological polar surface area (TPSA) is 68.0 Å². The number of hydrogen-bond acceptors (Lipinski definition) is 4. The van der Waals surface area contributed by atoms with E-state index in [0.29, 0.717) is 12.0 Å². The van der Waals surface area contributed by atoms with Crippen LogP contribution in [0.25, 0.3) is 0 Å². The van der Waals surface area contributed by atoms with Crippen LogP contribution in [0.2, 0.25) is 0 Å². The maximum Gasteiger partial charge on any atom is 0.191 e. The van der Waals surface area contributed by atoms with Crippen LogP contribution < -0.4 is 10.6 Å². The van der Waals surface area contributed by atoms with Gasteiger partial charge in [-0.1, -0.05) is 0 Å². The van der Waals surface area contributed by atoms with Gasteiger partial charge in [-0.25, -0.2) is 0 Å². The fraction of sp³-hybridized carbons (Fsp3) is 0.706. The summed E-state index contributed by atoms with van der Waals surface area (Å²) in [6.07, 6.45) is 6.13. The minimum absolute atomic E-state index is 0.354. The van der Waals surface area contributed by atoms with Crippen LogP contribution in [0.5, 0.6) is 0 Å². The van der Waals surface area contributed by atoms with E-state index < -0.39 is 0 Å². The second kappa shape index (κ2) is 9.57. The van der Waals surface area contributed by atoms with Gasteiger partial charge >= 0.3 is 0 Å². The maximum absolute atomic E-state index is 5.35. The Labute approximate surface area is 138 Å². The van der Waals surface area contributed by atoms with Gasteiger partial charge in [-0.15, -0.1) is 0 Å². The molecule has 0 bridgehead atoms. The first-order valence-electron chi connectivity index (χ1n) is 8.30. The van der Waals surface area contributed by atoms with Crippen LogP contribution in [0.15, 0.2) is 27.8 Å². The Morgan fingerprint density at radius 3 is 2.65 bits per heavy atom. The van der Waals surface area contributed by atoms with Gasteiger partial charge in [0.2, 0.25) is 0 Å². The normalized spacial score (nSPS) is 16.3. The largest absolute Gasteiger partial charge is 0.469 e. The number of methoxy groups -OCH3 is 2. The molecule has 6 nitrogen and oxygen atoms in total. The van der Waals surface area contributed by atoms with Gasteiger partial charge in [-0.3, -0.25) is 4.99 Å². The number of rotatable bonds is 11. The Kier molecular flexibility index (Phi) is 7.42. The summed E-state index contributed by atoms with van der Waals surface area (Å²) >= 11 is 0. The second-order valence-electron chi connectivity index (χ2n) is 6.08. The molecule has 130 valence electrons. The van der Waals surface area contributed by atoms with E-state index in [2.05, 4.69) is 10.6 Å². The number of nitrogens with zero attached hydrogens (tertiary/aromatic N) is 1. The highest BCUT2D eigenvalue weighted by atomic mass is 16.5. The average molecular weight is 323 g/mol. The lowest BCUT2D eigenvalue weighted by Crippen LogP contribution is -2.40. The lowest BCUT2D eigenvalue weighted by atomic mass is 10.0. The zero-order valence-electron chi connectivity index (χ0n) is 14.3. The van der Waals surface area contributed by atoms with Crippen molar-refractivity contribution in [2.45, 2.75) is 25.7 Å². The van der Waals surface area contributed by atoms with Gasteiger partial charge in [0.15, 0.2) is 5.96 Å². The molecule has 0 radical (unpaired) electrons. The molecule has 23 heavy (non-hydrogen) atoms. The predicted molar refractivity (Wildman–Crippen MR) is 90.8 cm³/mol. The SMILES string of the molecule is COCCNC(=NCC1(CCOC)CC1)NCCc1ccco1. The number of furan rings is 1. The first kappa shape index (κ1) is 17.8. The Morgan fingerprint density at radius 1 is 1.22 bits per heavy atom. The van der Waals surface area contributed by atoms with Crippen molar-refractivity contribution >= 4 is 5.96 Å². The molecule has 0 saturated heterocycles. The third-order valence-corrected chi connectivity index (χ3v) is 4.21. The highest BCUT2D eigenvalue weighted by Crippen LogP contribution is 2.48. The van der Waals surface area contributed by atoms with E-state index in [1.807, 2.05) is 12.1 Å². The smallest absolute Gasteiger partial charge is 0.191 e. The van der Waals surface area contributed by atoms with Crippen molar-refractivity contribution in [1.82, 2.24) is 10.6 Å². The van der Waals surface area contributed by atoms with Crippen LogP contribution in [0.1, 0.15) is 25.0 Å². The molecular formula is C17H29N3O3. The van der Waals surface area contributed by atoms with E-state index in [0.717, 1.165) is 50.8 Å². The standard InChI is InChI=1S/C17H29N3O3/c1-21-12-8-17(6-7-17)14-20-16(19-10-13-22-2)18-9-5-15-4-3-11-23-15/h3-4,11H,5-10,12-14H2,1-2H3,(H2,18,19,20). The number of nitrogens with one attached hydrogen (secondary N) is 2. The Hall–Kier alpha value is -1.53. The third kappa shape index (κ3) is 6.62. The molecule has 0 unspecified atom stereocenters. The van der Waals surface area contributed by atoms with Crippen LogP contribution in [0.4, 0.5) is 0 Å². The molecule has 1 aromatic rings. The molecule has 1 aliphatic rings. The fourth-order valence-electron chi connectivity index (χ4n) is 2.43. The average Bonchev–Trinajstić information content (AvgIpc) is 3.14. The molecule has 0 aromatic carbocycles. The second-order valence-corrected chi connectivity index (χ2v) is 6.08. The Balaban J connectivity index is 1.78. The summed E-state index contributed by atoms with van der Waals surface area (Å²) < 4.78 is 15.6. The molecule has 0 spiro atoms. The van der Waals surface area contributed by atoms with E-state index in [-0.39, 0.29) is 0 Å². The highest BCUT2D eigenvalue weighted by Gasteiger charge is 2.41. The van der Waals surface area contributed by atoms with E-state index in [1.165, 1.54) is 12.8 Å². The van der Waals surface area contributed by atoms with Crippen LogP contribution in [0.3, 0.4) is 0 Å². The van der Waals surface area contributed by atoms with Crippen LogP contribution in [-0.4, -0.2) is 53.0 Å². The van der Waals surface area contributed by atoms with Gasteiger partial charge in [-0.05, 0) is 36.8 Å². The molecule has 6 heteroatoms. The van der Waals surface area contributed by atoms with Gasteiger partial charge in [0, 0.05) is 46.9 Å². The van der Waals surface area contributed by atoms with E-state index in [1.54, 1.807) is 20.5 Å². The summed E-state index contributed by atoms with van der Waals surface area (Å²) in [7, 11) is 3.46. The van der Waals surface area contributed by atoms with Gasteiger partial charge in [0.25, 0.3) is 0 Å². The lowest BCUT2D eigenvalue weighted by molar-refractivity contribution is 0.174. The summed E-state index contributed by atoms with van der Waals surface area (Å²) in [6, 6.07) is 3.90. The summed E-state index contributed by atoms with van der Waals surface area (Å²) in [5.41, 5.74) is 0.354. The minimum Gasteiger partial charge on any atom is -0.469 e. The van der Waals surface area contributed by atoms with Crippen LogP contribution in [0, 0.1) is 5.41 Å². The van der Waals surface area contributed by atoms with E-state index >= 15 is 0 Å². The van der Waals surface area contributed by atoms with Gasteiger partial charge in [0.1, 0.15) is 5.76 Å². The molecule has 1 heterocycles. The molecule has 0 aliphatic heterocycles. The molecule has 0 amide bonds. The van der Waals surface area contributed by atoms with Crippen molar-refractivity contribution in [2.75, 3.05) is 47.1 Å². The van der Waals surface area contributed by atoms with Crippen molar-refractivity contribution < 1.29 is 13.9 Å². The van der Waals surface area contributed by atoms with Gasteiger partial charge < -0.3 is 24.5 Å². The van der Waals surface area contributed by atoms with Crippen molar-refractivity contribution in [3.05, 3.63) is 24.2 Å². The Morgan fingerprint density at radius 2 is 2.00 bits per heavy atom. The quantitative estimate of drug-likeness (QED) is 0.369. The molecule has 1 saturated carbocycles. The van der Waals surface area contributed by atoms with Gasteiger partial charge in [0.05, 0.1) is 12.9 Å². The number of ether oxygens (including phenoxy) is 2. The number of hydrogen-bond donors (Lipinski definition) is 2. The monoisotopic (exact) mass is 323 g/mol. The predicted octanol–water partition coefficient (Wildman–Crippen LogP) is 1.82. The number of guanidine groups is 1. The Bertz CT molecular complexity index is 456. The molecule has 1 aliphatic carbocycles. The zero-order chi connectivity index (χ0) is 16.4. The highest BCUT2D eigenvalue weighted by molar-refractivity contribution is 5.79. The minimum atomic E-state index is 0.354. The van der Waals surface area contributed by atoms with Gasteiger partial charge in [-0.2, -0.15) is 0 Å². The summed E-state index contributed by atoms with van der Waals surface area (Å²) in [4.78, 5) is 4.75. The first-order valence-corrected chi connectivity index (χ1v) is 8.30. The number of aliphatic imine (C=N–C) groups is 1. The third-order valence-electron chi connectivity index (χ3n) is 4.21. The summed E-state index contributed by atoms with van der Waals surface area (Å²) in [6.45, 7) is 3.85. The van der Waals surface area contributed by atoms with E-state index in [9.17, 15) is 0 Å². The molecule has 1 fully saturated rings. The molecular weight excluding hydrogens is 294 g/mol. The maximum atomic E-state index is 5.35. The zero-order valence-corrected chi connectivity index (χ0v) is 14.3. The fourth-order valence-corrected chi connectivity index (χ4v) is 2.43. The van der Waals surface area contributed by atoms with Crippen molar-refractivity contribution in [3.63, 3.8) is 0 Å². The molecule has 1 aromatic heterocycles. The molecule has 2 N–H and O–H groups in total.